The summed E-state index contributed by atoms with van der Waals surface area (Å²) >= 11 is 0. The Balaban J connectivity index is 1.90. The molecule has 0 saturated carbocycles. The zero-order chi connectivity index (χ0) is 13.5. The molecule has 1 aromatic carbocycles. The van der Waals surface area contributed by atoms with Crippen LogP contribution in [0.1, 0.15) is 24.6 Å². The summed E-state index contributed by atoms with van der Waals surface area (Å²) in [5, 5.41) is 3.39. The standard InChI is InChI=1S/C15H21N3O/c1-3-7-16-9-13-5-4-6-15(8-13)19-11-14-10-17-12-18(14)2/h4-6,8,10,12,16H,3,7,9,11H2,1-2H3. The fourth-order valence-corrected chi connectivity index (χ4v) is 1.84. The number of benzene rings is 1. The number of aryl methyl sites for hydroxylation is 1. The Bertz CT molecular complexity index is 508. The largest absolute Gasteiger partial charge is 0.487 e. The van der Waals surface area contributed by atoms with E-state index in [1.54, 1.807) is 6.33 Å². The minimum Gasteiger partial charge on any atom is -0.487 e. The van der Waals surface area contributed by atoms with Crippen LogP contribution in [-0.4, -0.2) is 16.1 Å². The second-order valence-corrected chi connectivity index (χ2v) is 4.61. The Morgan fingerprint density at radius 2 is 2.26 bits per heavy atom. The molecule has 0 radical (unpaired) electrons. The summed E-state index contributed by atoms with van der Waals surface area (Å²) < 4.78 is 7.75. The van der Waals surface area contributed by atoms with E-state index in [0.717, 1.165) is 31.0 Å². The van der Waals surface area contributed by atoms with Crippen LogP contribution in [0.5, 0.6) is 5.75 Å². The number of hydrogen-bond donors (Lipinski definition) is 1. The minimum atomic E-state index is 0.544. The molecule has 102 valence electrons. The van der Waals surface area contributed by atoms with Gasteiger partial charge in [0, 0.05) is 13.6 Å². The van der Waals surface area contributed by atoms with Crippen LogP contribution in [0.15, 0.2) is 36.8 Å². The predicted molar refractivity (Wildman–Crippen MR) is 76.0 cm³/mol. The molecule has 19 heavy (non-hydrogen) atoms. The first kappa shape index (κ1) is 13.6. The molecule has 1 N–H and O–H groups in total. The third kappa shape index (κ3) is 4.10. The van der Waals surface area contributed by atoms with E-state index in [-0.39, 0.29) is 0 Å². The number of nitrogens with one attached hydrogen (secondary N) is 1. The predicted octanol–water partition coefficient (Wildman–Crippen LogP) is 2.50. The Labute approximate surface area is 114 Å². The molecule has 4 heteroatoms. The van der Waals surface area contributed by atoms with Crippen LogP contribution in [0, 0.1) is 0 Å². The number of rotatable bonds is 7. The van der Waals surface area contributed by atoms with Crippen molar-refractivity contribution in [2.45, 2.75) is 26.5 Å². The summed E-state index contributed by atoms with van der Waals surface area (Å²) in [6, 6.07) is 8.21. The van der Waals surface area contributed by atoms with E-state index >= 15 is 0 Å². The van der Waals surface area contributed by atoms with Crippen molar-refractivity contribution < 1.29 is 4.74 Å². The average molecular weight is 259 g/mol. The molecule has 0 spiro atoms. The summed E-state index contributed by atoms with van der Waals surface area (Å²) in [5.74, 6) is 0.900. The van der Waals surface area contributed by atoms with Gasteiger partial charge in [-0.15, -0.1) is 0 Å². The summed E-state index contributed by atoms with van der Waals surface area (Å²) in [4.78, 5) is 4.07. The van der Waals surface area contributed by atoms with E-state index in [2.05, 4.69) is 29.4 Å². The van der Waals surface area contributed by atoms with Crippen molar-refractivity contribution in [3.8, 4) is 5.75 Å². The van der Waals surface area contributed by atoms with Gasteiger partial charge >= 0.3 is 0 Å². The molecule has 0 saturated heterocycles. The molecule has 0 fully saturated rings. The molecule has 2 aromatic rings. The maximum absolute atomic E-state index is 5.79. The van der Waals surface area contributed by atoms with Crippen molar-refractivity contribution in [1.82, 2.24) is 14.9 Å². The molecule has 0 amide bonds. The molecule has 0 aliphatic carbocycles. The van der Waals surface area contributed by atoms with Gasteiger partial charge in [-0.1, -0.05) is 19.1 Å². The summed E-state index contributed by atoms with van der Waals surface area (Å²) in [6.07, 6.45) is 4.76. The van der Waals surface area contributed by atoms with Gasteiger partial charge in [-0.25, -0.2) is 4.98 Å². The van der Waals surface area contributed by atoms with Gasteiger partial charge in [0.25, 0.3) is 0 Å². The molecule has 0 bridgehead atoms. The smallest absolute Gasteiger partial charge is 0.130 e. The maximum atomic E-state index is 5.79. The zero-order valence-corrected chi connectivity index (χ0v) is 11.6. The average Bonchev–Trinajstić information content (AvgIpc) is 2.83. The van der Waals surface area contributed by atoms with Gasteiger partial charge in [-0.05, 0) is 30.7 Å². The van der Waals surface area contributed by atoms with Gasteiger partial charge in [-0.3, -0.25) is 0 Å². The summed E-state index contributed by atoms with van der Waals surface area (Å²) in [7, 11) is 1.97. The van der Waals surface area contributed by atoms with Crippen LogP contribution in [-0.2, 0) is 20.2 Å². The molecule has 0 aliphatic heterocycles. The number of ether oxygens (including phenoxy) is 1. The number of nitrogens with zero attached hydrogens (tertiary/aromatic N) is 2. The number of aromatic nitrogens is 2. The fourth-order valence-electron chi connectivity index (χ4n) is 1.84. The SMILES string of the molecule is CCCNCc1cccc(OCc2cncn2C)c1. The topological polar surface area (TPSA) is 39.1 Å². The first-order chi connectivity index (χ1) is 9.29. The van der Waals surface area contributed by atoms with Crippen LogP contribution in [0.25, 0.3) is 0 Å². The lowest BCUT2D eigenvalue weighted by Crippen LogP contribution is -2.13. The van der Waals surface area contributed by atoms with E-state index in [9.17, 15) is 0 Å². The van der Waals surface area contributed by atoms with E-state index in [1.165, 1.54) is 5.56 Å². The second kappa shape index (κ2) is 6.95. The fraction of sp³-hybridized carbons (Fsp3) is 0.400. The van der Waals surface area contributed by atoms with Gasteiger partial charge in [0.15, 0.2) is 0 Å². The van der Waals surface area contributed by atoms with Crippen molar-refractivity contribution >= 4 is 0 Å². The van der Waals surface area contributed by atoms with Crippen LogP contribution in [0.3, 0.4) is 0 Å². The molecule has 1 heterocycles. The van der Waals surface area contributed by atoms with Gasteiger partial charge in [0.2, 0.25) is 0 Å². The van der Waals surface area contributed by atoms with Crippen molar-refractivity contribution in [3.05, 3.63) is 48.0 Å². The van der Waals surface area contributed by atoms with E-state index in [0.29, 0.717) is 6.61 Å². The third-order valence-electron chi connectivity index (χ3n) is 2.96. The summed E-state index contributed by atoms with van der Waals surface area (Å²) in [6.45, 7) is 4.64. The van der Waals surface area contributed by atoms with Gasteiger partial charge in [0.05, 0.1) is 18.2 Å². The van der Waals surface area contributed by atoms with Crippen LogP contribution in [0.2, 0.25) is 0 Å². The first-order valence-corrected chi connectivity index (χ1v) is 6.67. The Morgan fingerprint density at radius 1 is 1.37 bits per heavy atom. The van der Waals surface area contributed by atoms with Gasteiger partial charge < -0.3 is 14.6 Å². The first-order valence-electron chi connectivity index (χ1n) is 6.67. The minimum absolute atomic E-state index is 0.544. The molecule has 0 atom stereocenters. The van der Waals surface area contributed by atoms with E-state index in [1.807, 2.05) is 29.9 Å². The van der Waals surface area contributed by atoms with Crippen molar-refractivity contribution in [2.24, 2.45) is 7.05 Å². The van der Waals surface area contributed by atoms with Crippen molar-refractivity contribution in [3.63, 3.8) is 0 Å². The lowest BCUT2D eigenvalue weighted by molar-refractivity contribution is 0.297. The third-order valence-corrected chi connectivity index (χ3v) is 2.96. The highest BCUT2D eigenvalue weighted by Crippen LogP contribution is 2.15. The quantitative estimate of drug-likeness (QED) is 0.776. The second-order valence-electron chi connectivity index (χ2n) is 4.61. The molecule has 1 aromatic heterocycles. The van der Waals surface area contributed by atoms with Crippen molar-refractivity contribution in [2.75, 3.05) is 6.54 Å². The molecule has 2 rings (SSSR count). The highest BCUT2D eigenvalue weighted by Gasteiger charge is 2.01. The molecular formula is C15H21N3O. The highest BCUT2D eigenvalue weighted by molar-refractivity contribution is 5.28. The van der Waals surface area contributed by atoms with E-state index < -0.39 is 0 Å². The Morgan fingerprint density at radius 3 is 3.00 bits per heavy atom. The van der Waals surface area contributed by atoms with E-state index in [4.69, 9.17) is 4.74 Å². The van der Waals surface area contributed by atoms with Crippen LogP contribution >= 0.6 is 0 Å². The van der Waals surface area contributed by atoms with Gasteiger partial charge in [-0.2, -0.15) is 0 Å². The Hall–Kier alpha value is -1.81. The number of imidazole rings is 1. The molecule has 4 nitrogen and oxygen atoms in total. The Kier molecular flexibility index (Phi) is 4.98. The molecule has 0 unspecified atom stereocenters. The monoisotopic (exact) mass is 259 g/mol. The summed E-state index contributed by atoms with van der Waals surface area (Å²) in [5.41, 5.74) is 2.31. The van der Waals surface area contributed by atoms with Crippen molar-refractivity contribution in [1.29, 1.82) is 0 Å². The van der Waals surface area contributed by atoms with Gasteiger partial charge in [0.1, 0.15) is 12.4 Å². The lowest BCUT2D eigenvalue weighted by Gasteiger charge is -2.09. The lowest BCUT2D eigenvalue weighted by atomic mass is 10.2. The zero-order valence-electron chi connectivity index (χ0n) is 11.6. The van der Waals surface area contributed by atoms with Crippen LogP contribution in [0.4, 0.5) is 0 Å². The molecular weight excluding hydrogens is 238 g/mol. The number of hydrogen-bond acceptors (Lipinski definition) is 3. The molecule has 0 aliphatic rings. The normalized spacial score (nSPS) is 10.6. The highest BCUT2D eigenvalue weighted by atomic mass is 16.5. The maximum Gasteiger partial charge on any atom is 0.130 e. The van der Waals surface area contributed by atoms with Crippen LogP contribution < -0.4 is 10.1 Å².